The number of ether oxygens (including phenoxy) is 2. The molecule has 10 heteroatoms. The van der Waals surface area contributed by atoms with Crippen molar-refractivity contribution in [3.05, 3.63) is 51.3 Å². The molecule has 2 aliphatic rings. The van der Waals surface area contributed by atoms with Crippen LogP contribution in [0, 0.1) is 0 Å². The minimum absolute atomic E-state index is 0.0868. The highest BCUT2D eigenvalue weighted by atomic mass is 16.5. The zero-order valence-corrected chi connectivity index (χ0v) is 20.1. The van der Waals surface area contributed by atoms with Crippen LogP contribution in [0.5, 0.6) is 0 Å². The molecule has 2 fully saturated rings. The van der Waals surface area contributed by atoms with Crippen LogP contribution < -0.4 is 16.6 Å². The second-order valence-electron chi connectivity index (χ2n) is 9.51. The maximum Gasteiger partial charge on any atom is 0.332 e. The molecule has 35 heavy (non-hydrogen) atoms. The Morgan fingerprint density at radius 2 is 1.71 bits per heavy atom. The topological polar surface area (TPSA) is 96.7 Å². The van der Waals surface area contributed by atoms with E-state index >= 15 is 0 Å². The summed E-state index contributed by atoms with van der Waals surface area (Å²) < 4.78 is 18.1. The zero-order valence-electron chi connectivity index (χ0n) is 20.1. The Morgan fingerprint density at radius 3 is 2.40 bits per heavy atom. The summed E-state index contributed by atoms with van der Waals surface area (Å²) in [7, 11) is 3.14. The van der Waals surface area contributed by atoms with E-state index in [0.717, 1.165) is 67.0 Å². The van der Waals surface area contributed by atoms with Crippen LogP contribution in [0.3, 0.4) is 0 Å². The summed E-state index contributed by atoms with van der Waals surface area (Å²) in [6.45, 7) is 3.04. The van der Waals surface area contributed by atoms with Gasteiger partial charge in [-0.15, -0.1) is 0 Å². The van der Waals surface area contributed by atoms with Gasteiger partial charge in [0, 0.05) is 45.7 Å². The SMILES string of the molecule is Cn1c(=O)c2c(nc3n(C[C@@H]4CCCO4)c(-c4ccc(NC[C@H]5CCCO5)cc4)cn23)n(C)c1=O. The Kier molecular flexibility index (Phi) is 5.49. The minimum Gasteiger partial charge on any atom is -0.382 e. The zero-order chi connectivity index (χ0) is 24.1. The molecule has 0 aliphatic carbocycles. The molecule has 10 nitrogen and oxygen atoms in total. The van der Waals surface area contributed by atoms with Gasteiger partial charge in [-0.25, -0.2) is 4.79 Å². The standard InChI is InChI=1S/C25H30N6O4/c1-28-22-21(23(32)29(2)25(28)33)31-15-20(30(24(31)27-22)14-19-6-4-12-35-19)16-7-9-17(10-8-16)26-13-18-5-3-11-34-18/h7-10,15,18-19,26H,3-6,11-14H2,1-2H3/t18-,19+/m1/s1. The van der Waals surface area contributed by atoms with Gasteiger partial charge in [0.1, 0.15) is 0 Å². The number of imidazole rings is 2. The molecule has 0 spiro atoms. The molecule has 184 valence electrons. The molecule has 0 saturated carbocycles. The highest BCUT2D eigenvalue weighted by Gasteiger charge is 2.24. The van der Waals surface area contributed by atoms with Crippen molar-refractivity contribution in [1.29, 1.82) is 0 Å². The van der Waals surface area contributed by atoms with Crippen LogP contribution in [0.1, 0.15) is 25.7 Å². The number of aryl methyl sites for hydroxylation is 1. The quantitative estimate of drug-likeness (QED) is 0.456. The first-order chi connectivity index (χ1) is 17.0. The third-order valence-electron chi connectivity index (χ3n) is 7.21. The summed E-state index contributed by atoms with van der Waals surface area (Å²) in [5, 5.41) is 3.46. The fourth-order valence-electron chi connectivity index (χ4n) is 5.21. The average Bonchev–Trinajstić information content (AvgIpc) is 3.67. The van der Waals surface area contributed by atoms with Gasteiger partial charge in [0.2, 0.25) is 5.78 Å². The van der Waals surface area contributed by atoms with E-state index in [-0.39, 0.29) is 23.5 Å². The van der Waals surface area contributed by atoms with Crippen molar-refractivity contribution in [3.8, 4) is 11.3 Å². The number of benzene rings is 1. The monoisotopic (exact) mass is 478 g/mol. The Morgan fingerprint density at radius 1 is 1.00 bits per heavy atom. The largest absolute Gasteiger partial charge is 0.382 e. The maximum atomic E-state index is 13.0. The van der Waals surface area contributed by atoms with Crippen molar-refractivity contribution < 1.29 is 9.47 Å². The summed E-state index contributed by atoms with van der Waals surface area (Å²) in [6, 6.07) is 8.29. The fraction of sp³-hybridized carbons (Fsp3) is 0.480. The number of nitrogens with zero attached hydrogens (tertiary/aromatic N) is 5. The number of nitrogens with one attached hydrogen (secondary N) is 1. The van der Waals surface area contributed by atoms with Gasteiger partial charge in [0.15, 0.2) is 11.2 Å². The molecule has 5 heterocycles. The normalized spacial score (nSPS) is 20.4. The lowest BCUT2D eigenvalue weighted by Gasteiger charge is -2.15. The minimum atomic E-state index is -0.389. The number of aromatic nitrogens is 5. The molecule has 3 aromatic heterocycles. The molecule has 6 rings (SSSR count). The Hall–Kier alpha value is -3.37. The van der Waals surface area contributed by atoms with Crippen LogP contribution in [-0.2, 0) is 30.1 Å². The van der Waals surface area contributed by atoms with Crippen molar-refractivity contribution in [3.63, 3.8) is 0 Å². The molecule has 0 unspecified atom stereocenters. The lowest BCUT2D eigenvalue weighted by molar-refractivity contribution is 0.0981. The van der Waals surface area contributed by atoms with Gasteiger partial charge in [0.05, 0.1) is 24.4 Å². The smallest absolute Gasteiger partial charge is 0.332 e. The van der Waals surface area contributed by atoms with E-state index in [1.165, 1.54) is 11.6 Å². The summed E-state index contributed by atoms with van der Waals surface area (Å²) in [4.78, 5) is 30.2. The van der Waals surface area contributed by atoms with Gasteiger partial charge < -0.3 is 19.4 Å². The summed E-state index contributed by atoms with van der Waals surface area (Å²) in [5.74, 6) is 0.629. The van der Waals surface area contributed by atoms with Crippen molar-refractivity contribution in [1.82, 2.24) is 23.1 Å². The molecule has 0 bridgehead atoms. The second kappa shape index (κ2) is 8.69. The van der Waals surface area contributed by atoms with Crippen molar-refractivity contribution in [2.24, 2.45) is 14.1 Å². The van der Waals surface area contributed by atoms with Crippen LogP contribution >= 0.6 is 0 Å². The first kappa shape index (κ1) is 22.1. The van der Waals surface area contributed by atoms with Gasteiger partial charge >= 0.3 is 5.69 Å². The van der Waals surface area contributed by atoms with E-state index in [0.29, 0.717) is 23.5 Å². The highest BCUT2D eigenvalue weighted by Crippen LogP contribution is 2.28. The van der Waals surface area contributed by atoms with Gasteiger partial charge in [-0.05, 0) is 43.4 Å². The summed E-state index contributed by atoms with van der Waals surface area (Å²) in [6.07, 6.45) is 6.55. The van der Waals surface area contributed by atoms with Crippen LogP contribution in [-0.4, -0.2) is 55.1 Å². The van der Waals surface area contributed by atoms with E-state index in [4.69, 9.17) is 14.5 Å². The van der Waals surface area contributed by atoms with E-state index in [2.05, 4.69) is 34.1 Å². The van der Waals surface area contributed by atoms with Gasteiger partial charge in [-0.1, -0.05) is 12.1 Å². The molecular formula is C25H30N6O4. The number of hydrogen-bond acceptors (Lipinski definition) is 6. The summed E-state index contributed by atoms with van der Waals surface area (Å²) >= 11 is 0. The number of hydrogen-bond donors (Lipinski definition) is 1. The third-order valence-corrected chi connectivity index (χ3v) is 7.21. The molecule has 1 aromatic carbocycles. The fourth-order valence-corrected chi connectivity index (χ4v) is 5.21. The highest BCUT2D eigenvalue weighted by molar-refractivity contribution is 5.78. The van der Waals surface area contributed by atoms with Crippen LogP contribution in [0.15, 0.2) is 40.1 Å². The first-order valence-electron chi connectivity index (χ1n) is 12.3. The predicted octanol–water partition coefficient (Wildman–Crippen LogP) is 2.12. The van der Waals surface area contributed by atoms with Gasteiger partial charge in [0.25, 0.3) is 5.56 Å². The first-order valence-corrected chi connectivity index (χ1v) is 12.3. The Labute approximate surface area is 201 Å². The van der Waals surface area contributed by atoms with Crippen LogP contribution in [0.4, 0.5) is 5.69 Å². The number of rotatable bonds is 6. The van der Waals surface area contributed by atoms with E-state index in [1.54, 1.807) is 7.05 Å². The Bertz CT molecular complexity index is 1500. The number of anilines is 1. The van der Waals surface area contributed by atoms with E-state index in [1.807, 2.05) is 10.6 Å². The molecule has 2 aliphatic heterocycles. The van der Waals surface area contributed by atoms with Crippen molar-refractivity contribution in [2.45, 2.75) is 44.4 Å². The van der Waals surface area contributed by atoms with Crippen LogP contribution in [0.2, 0.25) is 0 Å². The summed E-state index contributed by atoms with van der Waals surface area (Å²) in [5.41, 5.74) is 3.05. The molecule has 2 saturated heterocycles. The Balaban J connectivity index is 1.43. The molecule has 2 atom stereocenters. The van der Waals surface area contributed by atoms with Crippen molar-refractivity contribution >= 4 is 22.6 Å². The van der Waals surface area contributed by atoms with E-state index in [9.17, 15) is 9.59 Å². The van der Waals surface area contributed by atoms with Crippen molar-refractivity contribution in [2.75, 3.05) is 25.1 Å². The predicted molar refractivity (Wildman–Crippen MR) is 133 cm³/mol. The lowest BCUT2D eigenvalue weighted by Crippen LogP contribution is -2.37. The molecule has 1 N–H and O–H groups in total. The molecule has 0 radical (unpaired) electrons. The lowest BCUT2D eigenvalue weighted by atomic mass is 10.1. The number of fused-ring (bicyclic) bond motifs is 3. The van der Waals surface area contributed by atoms with Crippen LogP contribution in [0.25, 0.3) is 28.2 Å². The maximum absolute atomic E-state index is 13.0. The van der Waals surface area contributed by atoms with Gasteiger partial charge in [-0.2, -0.15) is 4.98 Å². The second-order valence-corrected chi connectivity index (χ2v) is 9.51. The average molecular weight is 479 g/mol. The molecule has 0 amide bonds. The molecular weight excluding hydrogens is 448 g/mol. The third kappa shape index (κ3) is 3.77. The van der Waals surface area contributed by atoms with E-state index < -0.39 is 0 Å². The van der Waals surface area contributed by atoms with Gasteiger partial charge in [-0.3, -0.25) is 18.3 Å². The molecule has 4 aromatic rings.